The zero-order valence-electron chi connectivity index (χ0n) is 19.9. The van der Waals surface area contributed by atoms with E-state index in [9.17, 15) is 32.8 Å². The van der Waals surface area contributed by atoms with Crippen molar-refractivity contribution < 1.29 is 32.8 Å². The molecule has 11 nitrogen and oxygen atoms in total. The van der Waals surface area contributed by atoms with Crippen LogP contribution in [-0.2, 0) is 24.0 Å². The van der Waals surface area contributed by atoms with Gasteiger partial charge < -0.3 is 33.2 Å². The molecule has 0 radical (unpaired) electrons. The highest BCUT2D eigenvalue weighted by Crippen LogP contribution is 2.10. The first-order valence-electron chi connectivity index (χ1n) is 11.3. The van der Waals surface area contributed by atoms with Gasteiger partial charge in [-0.05, 0) is 62.9 Å². The number of hydrogen-bond acceptors (Lipinski definition) is 6. The number of carbonyl (C=O) groups is 5. The van der Waals surface area contributed by atoms with Crippen molar-refractivity contribution in [2.75, 3.05) is 6.54 Å². The highest BCUT2D eigenvalue weighted by Gasteiger charge is 2.24. The molecule has 0 fully saturated rings. The van der Waals surface area contributed by atoms with Crippen molar-refractivity contribution in [1.29, 1.82) is 0 Å². The van der Waals surface area contributed by atoms with E-state index in [2.05, 4.69) is 16.0 Å². The minimum atomic E-state index is -1.22. The summed E-state index contributed by atoms with van der Waals surface area (Å²) in [7, 11) is 0. The predicted octanol–water partition coefficient (Wildman–Crippen LogP) is -0.668. The van der Waals surface area contributed by atoms with Crippen molar-refractivity contribution in [2.24, 2.45) is 17.2 Å². The van der Waals surface area contributed by atoms with E-state index in [-0.39, 0.29) is 18.4 Å². The third-order valence-electron chi connectivity index (χ3n) is 5.07. The molecule has 198 valence electrons. The Hall–Kier alpha value is -3.87. The average molecular weight is 511 g/mol. The van der Waals surface area contributed by atoms with Gasteiger partial charge in [-0.3, -0.25) is 24.0 Å². The summed E-state index contributed by atoms with van der Waals surface area (Å²) in [5, 5.41) is 7.18. The van der Waals surface area contributed by atoms with E-state index in [0.29, 0.717) is 25.8 Å². The quantitative estimate of drug-likeness (QED) is 0.133. The Balaban J connectivity index is 2.59. The maximum absolute atomic E-state index is 13.2. The van der Waals surface area contributed by atoms with E-state index in [1.807, 2.05) is 0 Å². The van der Waals surface area contributed by atoms with Gasteiger partial charge in [-0.1, -0.05) is 6.07 Å². The lowest BCUT2D eigenvalue weighted by molar-refractivity contribution is -0.131. The summed E-state index contributed by atoms with van der Waals surface area (Å²) in [6.45, 7) is 1.78. The third kappa shape index (κ3) is 11.0. The highest BCUT2D eigenvalue weighted by atomic mass is 19.2. The van der Waals surface area contributed by atoms with Crippen LogP contribution < -0.4 is 33.2 Å². The standard InChI is InChI=1S/C23H32F2N6O5/c1-13(29-19(32)9-6-14-5-7-15(24)16(25)12-14)23(36)31-18(22(28)35)8-10-20(33)30-17(21(27)34)4-2-3-11-26/h5-7,9,12-13,17-18H,2-4,8,10-11,26H2,1H3,(H2,27,34)(H2,28,35)(H,29,32)(H,30,33)(H,31,36)/b9-6+/t13?,17?,18-/m0/s1. The molecule has 9 N–H and O–H groups in total. The van der Waals surface area contributed by atoms with Gasteiger partial charge in [-0.25, -0.2) is 8.78 Å². The van der Waals surface area contributed by atoms with Gasteiger partial charge >= 0.3 is 0 Å². The van der Waals surface area contributed by atoms with Gasteiger partial charge in [0, 0.05) is 12.5 Å². The minimum Gasteiger partial charge on any atom is -0.368 e. The Kier molecular flexibility index (Phi) is 12.7. The molecular formula is C23H32F2N6O5. The van der Waals surface area contributed by atoms with Crippen molar-refractivity contribution in [1.82, 2.24) is 16.0 Å². The van der Waals surface area contributed by atoms with E-state index < -0.39 is 59.3 Å². The molecule has 1 rings (SSSR count). The van der Waals surface area contributed by atoms with E-state index >= 15 is 0 Å². The lowest BCUT2D eigenvalue weighted by Gasteiger charge is -2.20. The highest BCUT2D eigenvalue weighted by molar-refractivity contribution is 5.96. The van der Waals surface area contributed by atoms with E-state index in [0.717, 1.165) is 18.2 Å². The first-order valence-corrected chi connectivity index (χ1v) is 11.3. The van der Waals surface area contributed by atoms with Gasteiger partial charge in [-0.15, -0.1) is 0 Å². The normalized spacial score (nSPS) is 13.4. The summed E-state index contributed by atoms with van der Waals surface area (Å²) in [5.41, 5.74) is 16.2. The molecule has 13 heteroatoms. The van der Waals surface area contributed by atoms with E-state index in [1.54, 1.807) is 0 Å². The van der Waals surface area contributed by atoms with Gasteiger partial charge in [0.05, 0.1) is 0 Å². The second kappa shape index (κ2) is 15.2. The van der Waals surface area contributed by atoms with Gasteiger partial charge in [0.25, 0.3) is 0 Å². The monoisotopic (exact) mass is 510 g/mol. The first-order chi connectivity index (χ1) is 16.9. The van der Waals surface area contributed by atoms with E-state index in [4.69, 9.17) is 17.2 Å². The number of nitrogens with two attached hydrogens (primary N) is 3. The number of primary amides is 2. The molecule has 0 saturated heterocycles. The van der Waals surface area contributed by atoms with Crippen LogP contribution in [0.15, 0.2) is 24.3 Å². The van der Waals surface area contributed by atoms with Gasteiger partial charge in [0.1, 0.15) is 18.1 Å². The molecular weight excluding hydrogens is 478 g/mol. The Bertz CT molecular complexity index is 988. The second-order valence-electron chi connectivity index (χ2n) is 8.05. The fraction of sp³-hybridized carbons (Fsp3) is 0.435. The summed E-state index contributed by atoms with van der Waals surface area (Å²) in [6, 6.07) is -0.134. The number of nitrogens with one attached hydrogen (secondary N) is 3. The SMILES string of the molecule is CC(NC(=O)/C=C/c1ccc(F)c(F)c1)C(=O)N[C@@H](CCC(=O)NC(CCCCN)C(N)=O)C(N)=O. The molecule has 0 aliphatic carbocycles. The smallest absolute Gasteiger partial charge is 0.244 e. The second-order valence-corrected chi connectivity index (χ2v) is 8.05. The largest absolute Gasteiger partial charge is 0.368 e. The number of carbonyl (C=O) groups excluding carboxylic acids is 5. The van der Waals surface area contributed by atoms with Crippen LogP contribution in [0.1, 0.15) is 44.6 Å². The molecule has 2 unspecified atom stereocenters. The fourth-order valence-corrected chi connectivity index (χ4v) is 3.02. The molecule has 0 aromatic heterocycles. The minimum absolute atomic E-state index is 0.155. The van der Waals surface area contributed by atoms with Crippen molar-refractivity contribution in [3.63, 3.8) is 0 Å². The van der Waals surface area contributed by atoms with Gasteiger partial charge in [0.15, 0.2) is 11.6 Å². The van der Waals surface area contributed by atoms with Crippen LogP contribution in [0.5, 0.6) is 0 Å². The maximum atomic E-state index is 13.2. The number of unbranched alkanes of at least 4 members (excludes halogenated alkanes) is 1. The van der Waals surface area contributed by atoms with Crippen LogP contribution in [0.25, 0.3) is 6.08 Å². The van der Waals surface area contributed by atoms with Crippen LogP contribution in [0.2, 0.25) is 0 Å². The fourth-order valence-electron chi connectivity index (χ4n) is 3.02. The van der Waals surface area contributed by atoms with Crippen molar-refractivity contribution in [3.05, 3.63) is 41.5 Å². The lowest BCUT2D eigenvalue weighted by Crippen LogP contribution is -2.52. The summed E-state index contributed by atoms with van der Waals surface area (Å²) in [4.78, 5) is 59.9. The number of benzene rings is 1. The predicted molar refractivity (Wildman–Crippen MR) is 127 cm³/mol. The molecule has 1 aromatic carbocycles. The summed E-state index contributed by atoms with van der Waals surface area (Å²) in [6.07, 6.45) is 3.42. The Morgan fingerprint density at radius 3 is 2.14 bits per heavy atom. The first kappa shape index (κ1) is 30.2. The summed E-state index contributed by atoms with van der Waals surface area (Å²) < 4.78 is 26.2. The number of hydrogen-bond donors (Lipinski definition) is 6. The van der Waals surface area contributed by atoms with Crippen LogP contribution in [0.3, 0.4) is 0 Å². The van der Waals surface area contributed by atoms with Crippen molar-refractivity contribution in [2.45, 2.75) is 57.2 Å². The van der Waals surface area contributed by atoms with Gasteiger partial charge in [0.2, 0.25) is 29.5 Å². The molecule has 0 heterocycles. The molecule has 5 amide bonds. The number of rotatable bonds is 15. The maximum Gasteiger partial charge on any atom is 0.244 e. The van der Waals surface area contributed by atoms with Crippen LogP contribution >= 0.6 is 0 Å². The Labute approximate surface area is 207 Å². The van der Waals surface area contributed by atoms with Crippen LogP contribution in [-0.4, -0.2) is 54.2 Å². The molecule has 0 aliphatic heterocycles. The summed E-state index contributed by atoms with van der Waals surface area (Å²) >= 11 is 0. The molecule has 0 spiro atoms. The lowest BCUT2D eigenvalue weighted by atomic mass is 10.1. The topological polar surface area (TPSA) is 200 Å². The summed E-state index contributed by atoms with van der Waals surface area (Å²) in [5.74, 6) is -5.72. The van der Waals surface area contributed by atoms with Crippen molar-refractivity contribution >= 4 is 35.6 Å². The third-order valence-corrected chi connectivity index (χ3v) is 5.07. The Morgan fingerprint density at radius 1 is 0.917 bits per heavy atom. The van der Waals surface area contributed by atoms with Crippen LogP contribution in [0, 0.1) is 11.6 Å². The van der Waals surface area contributed by atoms with E-state index in [1.165, 1.54) is 19.1 Å². The molecule has 0 bridgehead atoms. The van der Waals surface area contributed by atoms with Gasteiger partial charge in [-0.2, -0.15) is 0 Å². The molecule has 3 atom stereocenters. The Morgan fingerprint density at radius 2 is 1.56 bits per heavy atom. The molecule has 0 aliphatic rings. The molecule has 0 saturated carbocycles. The zero-order valence-corrected chi connectivity index (χ0v) is 19.9. The van der Waals surface area contributed by atoms with Crippen LogP contribution in [0.4, 0.5) is 8.78 Å². The average Bonchev–Trinajstić information content (AvgIpc) is 2.81. The number of amides is 5. The number of halogens is 2. The van der Waals surface area contributed by atoms with Crippen molar-refractivity contribution in [3.8, 4) is 0 Å². The molecule has 36 heavy (non-hydrogen) atoms. The molecule has 1 aromatic rings. The zero-order chi connectivity index (χ0) is 27.3.